The van der Waals surface area contributed by atoms with Gasteiger partial charge in [-0.15, -0.1) is 0 Å². The largest absolute Gasteiger partial charge is 0.496 e. The highest BCUT2D eigenvalue weighted by Gasteiger charge is 2.40. The van der Waals surface area contributed by atoms with E-state index in [9.17, 15) is 22.8 Å². The molecule has 184 valence electrons. The van der Waals surface area contributed by atoms with Crippen molar-refractivity contribution in [2.75, 3.05) is 14.2 Å². The Hall–Kier alpha value is -3.07. The zero-order chi connectivity index (χ0) is 24.7. The van der Waals surface area contributed by atoms with Crippen LogP contribution in [-0.2, 0) is 27.5 Å². The molecule has 0 saturated heterocycles. The molecular weight excluding hydrogens is 449 g/mol. The van der Waals surface area contributed by atoms with Gasteiger partial charge in [0.05, 0.1) is 7.11 Å². The number of esters is 1. The molecule has 0 bridgehead atoms. The molecule has 1 aliphatic rings. The van der Waals surface area contributed by atoms with Gasteiger partial charge in [-0.05, 0) is 61.6 Å². The standard InChI is InChI=1S/C25H29F3N2O4/c1-29-21-10-7-18(8-11-21)23(31)30-14-20-13-19(9-12-22(20)33-2)17-5-3-16(4-6-17)15-34-24(32)25(26,27)28/h3-6,9,12-13,18,21,29H,7-8,10-11,14-15H2,1-2H3,(H,30,31). The molecule has 0 heterocycles. The number of benzene rings is 2. The molecule has 0 atom stereocenters. The van der Waals surface area contributed by atoms with E-state index in [2.05, 4.69) is 15.4 Å². The maximum Gasteiger partial charge on any atom is 0.490 e. The van der Waals surface area contributed by atoms with Crippen molar-refractivity contribution in [2.24, 2.45) is 5.92 Å². The Bertz CT molecular complexity index is 985. The smallest absolute Gasteiger partial charge is 0.490 e. The summed E-state index contributed by atoms with van der Waals surface area (Å²) < 4.78 is 46.5. The number of methoxy groups -OCH3 is 1. The lowest BCUT2D eigenvalue weighted by Gasteiger charge is -2.27. The van der Waals surface area contributed by atoms with Crippen LogP contribution in [0.15, 0.2) is 42.5 Å². The van der Waals surface area contributed by atoms with Crippen LogP contribution in [0.5, 0.6) is 5.75 Å². The third-order valence-electron chi connectivity index (χ3n) is 6.13. The van der Waals surface area contributed by atoms with Crippen LogP contribution in [0.3, 0.4) is 0 Å². The average Bonchev–Trinajstić information content (AvgIpc) is 2.85. The molecule has 0 spiro atoms. The third kappa shape index (κ3) is 6.72. The topological polar surface area (TPSA) is 76.7 Å². The summed E-state index contributed by atoms with van der Waals surface area (Å²) in [6.07, 6.45) is -1.32. The maximum atomic E-state index is 12.7. The molecule has 2 N–H and O–H groups in total. The molecule has 0 unspecified atom stereocenters. The molecule has 0 radical (unpaired) electrons. The van der Waals surface area contributed by atoms with Gasteiger partial charge in [-0.25, -0.2) is 4.79 Å². The molecule has 2 aromatic rings. The number of hydrogen-bond donors (Lipinski definition) is 2. The Balaban J connectivity index is 1.63. The van der Waals surface area contributed by atoms with E-state index >= 15 is 0 Å². The van der Waals surface area contributed by atoms with E-state index in [4.69, 9.17) is 4.74 Å². The molecule has 3 rings (SSSR count). The second-order valence-electron chi connectivity index (χ2n) is 8.35. The van der Waals surface area contributed by atoms with Crippen molar-refractivity contribution in [3.63, 3.8) is 0 Å². The summed E-state index contributed by atoms with van der Waals surface area (Å²) in [7, 11) is 3.51. The van der Waals surface area contributed by atoms with Crippen LogP contribution in [0.2, 0.25) is 0 Å². The van der Waals surface area contributed by atoms with E-state index < -0.39 is 18.8 Å². The van der Waals surface area contributed by atoms with Crippen LogP contribution < -0.4 is 15.4 Å². The first kappa shape index (κ1) is 25.6. The normalized spacial score (nSPS) is 18.3. The Labute approximate surface area is 196 Å². The fraction of sp³-hybridized carbons (Fsp3) is 0.440. The minimum Gasteiger partial charge on any atom is -0.496 e. The number of hydrogen-bond acceptors (Lipinski definition) is 5. The number of alkyl halides is 3. The summed E-state index contributed by atoms with van der Waals surface area (Å²) >= 11 is 0. The second-order valence-corrected chi connectivity index (χ2v) is 8.35. The Kier molecular flexibility index (Phi) is 8.55. The molecule has 1 fully saturated rings. The van der Waals surface area contributed by atoms with Crippen LogP contribution in [0.1, 0.15) is 36.8 Å². The summed E-state index contributed by atoms with van der Waals surface area (Å²) in [6, 6.07) is 12.7. The van der Waals surface area contributed by atoms with Crippen molar-refractivity contribution in [1.29, 1.82) is 0 Å². The summed E-state index contributed by atoms with van der Waals surface area (Å²) in [5.41, 5.74) is 2.95. The number of ether oxygens (including phenoxy) is 2. The van der Waals surface area contributed by atoms with Crippen molar-refractivity contribution in [3.05, 3.63) is 53.6 Å². The lowest BCUT2D eigenvalue weighted by atomic mass is 9.85. The van der Waals surface area contributed by atoms with Crippen LogP contribution in [0, 0.1) is 5.92 Å². The Morgan fingerprint density at radius 2 is 1.65 bits per heavy atom. The molecule has 1 saturated carbocycles. The summed E-state index contributed by atoms with van der Waals surface area (Å²) in [5, 5.41) is 6.29. The number of carbonyl (C=O) groups excluding carboxylic acids is 2. The molecule has 2 aromatic carbocycles. The van der Waals surface area contributed by atoms with E-state index in [1.54, 1.807) is 31.4 Å². The third-order valence-corrected chi connectivity index (χ3v) is 6.13. The highest BCUT2D eigenvalue weighted by atomic mass is 19.4. The van der Waals surface area contributed by atoms with Gasteiger partial charge >= 0.3 is 12.1 Å². The summed E-state index contributed by atoms with van der Waals surface area (Å²) in [6.45, 7) is -0.137. The summed E-state index contributed by atoms with van der Waals surface area (Å²) in [5.74, 6) is -1.51. The molecule has 0 aromatic heterocycles. The molecule has 0 aliphatic heterocycles. The van der Waals surface area contributed by atoms with Crippen LogP contribution in [-0.4, -0.2) is 38.3 Å². The zero-order valence-corrected chi connectivity index (χ0v) is 19.2. The van der Waals surface area contributed by atoms with Crippen molar-refractivity contribution in [2.45, 2.75) is 51.1 Å². The quantitative estimate of drug-likeness (QED) is 0.552. The number of rotatable bonds is 8. The highest BCUT2D eigenvalue weighted by Crippen LogP contribution is 2.28. The first-order valence-electron chi connectivity index (χ1n) is 11.2. The van der Waals surface area contributed by atoms with Crippen LogP contribution in [0.25, 0.3) is 11.1 Å². The lowest BCUT2D eigenvalue weighted by Crippen LogP contribution is -2.37. The molecule has 6 nitrogen and oxygen atoms in total. The fourth-order valence-corrected chi connectivity index (χ4v) is 4.09. The first-order valence-corrected chi connectivity index (χ1v) is 11.2. The molecule has 34 heavy (non-hydrogen) atoms. The van der Waals surface area contributed by atoms with Crippen LogP contribution >= 0.6 is 0 Å². The highest BCUT2D eigenvalue weighted by molar-refractivity contribution is 5.79. The van der Waals surface area contributed by atoms with E-state index in [1.165, 1.54) is 0 Å². The van der Waals surface area contributed by atoms with Crippen molar-refractivity contribution < 1.29 is 32.2 Å². The van der Waals surface area contributed by atoms with E-state index in [1.807, 2.05) is 25.2 Å². The molecule has 1 amide bonds. The van der Waals surface area contributed by atoms with Gasteiger partial charge in [-0.3, -0.25) is 4.79 Å². The van der Waals surface area contributed by atoms with Gasteiger partial charge in [0, 0.05) is 24.1 Å². The van der Waals surface area contributed by atoms with E-state index in [0.717, 1.165) is 42.4 Å². The Morgan fingerprint density at radius 3 is 2.24 bits per heavy atom. The van der Waals surface area contributed by atoms with Gasteiger partial charge in [-0.2, -0.15) is 13.2 Å². The number of halogens is 3. The minimum atomic E-state index is -5.01. The monoisotopic (exact) mass is 478 g/mol. The molecular formula is C25H29F3N2O4. The molecule has 1 aliphatic carbocycles. The van der Waals surface area contributed by atoms with E-state index in [0.29, 0.717) is 23.9 Å². The average molecular weight is 479 g/mol. The van der Waals surface area contributed by atoms with Gasteiger partial charge < -0.3 is 20.1 Å². The Morgan fingerprint density at radius 1 is 1.00 bits per heavy atom. The van der Waals surface area contributed by atoms with Crippen LogP contribution in [0.4, 0.5) is 13.2 Å². The first-order chi connectivity index (χ1) is 16.2. The predicted molar refractivity (Wildman–Crippen MR) is 121 cm³/mol. The summed E-state index contributed by atoms with van der Waals surface area (Å²) in [4.78, 5) is 23.5. The SMILES string of the molecule is CNC1CCC(C(=O)NCc2cc(-c3ccc(COC(=O)C(F)(F)F)cc3)ccc2OC)CC1. The lowest BCUT2D eigenvalue weighted by molar-refractivity contribution is -0.201. The number of nitrogens with one attached hydrogen (secondary N) is 2. The van der Waals surface area contributed by atoms with Crippen molar-refractivity contribution in [1.82, 2.24) is 10.6 Å². The fourth-order valence-electron chi connectivity index (χ4n) is 4.09. The van der Waals surface area contributed by atoms with Crippen molar-refractivity contribution in [3.8, 4) is 16.9 Å². The predicted octanol–water partition coefficient (Wildman–Crippen LogP) is 4.36. The number of carbonyl (C=O) groups is 2. The van der Waals surface area contributed by atoms with Gasteiger partial charge in [0.1, 0.15) is 12.4 Å². The minimum absolute atomic E-state index is 0.0118. The second kappa shape index (κ2) is 11.4. The van der Waals surface area contributed by atoms with Gasteiger partial charge in [0.15, 0.2) is 0 Å². The number of amides is 1. The zero-order valence-electron chi connectivity index (χ0n) is 19.2. The van der Waals surface area contributed by atoms with Crippen molar-refractivity contribution >= 4 is 11.9 Å². The van der Waals surface area contributed by atoms with Gasteiger partial charge in [0.25, 0.3) is 0 Å². The van der Waals surface area contributed by atoms with E-state index in [-0.39, 0.29) is 11.8 Å². The van der Waals surface area contributed by atoms with Gasteiger partial charge in [-0.1, -0.05) is 30.3 Å². The molecule has 9 heteroatoms. The van der Waals surface area contributed by atoms with Gasteiger partial charge in [0.2, 0.25) is 5.91 Å². The maximum absolute atomic E-state index is 12.7.